The van der Waals surface area contributed by atoms with Gasteiger partial charge in [0.25, 0.3) is 5.92 Å². The van der Waals surface area contributed by atoms with Crippen LogP contribution in [-0.4, -0.2) is 61.7 Å². The molecule has 2 N–H and O–H groups in total. The molecule has 9 heteroatoms. The van der Waals surface area contributed by atoms with E-state index in [0.717, 1.165) is 59.9 Å². The van der Waals surface area contributed by atoms with Gasteiger partial charge in [-0.25, -0.2) is 13.8 Å². The van der Waals surface area contributed by atoms with Gasteiger partial charge in [-0.2, -0.15) is 5.10 Å². The van der Waals surface area contributed by atoms with Crippen LogP contribution in [0.4, 0.5) is 8.78 Å². The number of rotatable bonds is 7. The lowest BCUT2D eigenvalue weighted by molar-refractivity contribution is 0.0942. The van der Waals surface area contributed by atoms with Crippen LogP contribution in [0.5, 0.6) is 0 Å². The number of imidazole rings is 1. The third-order valence-corrected chi connectivity index (χ3v) is 7.23. The molecular formula is C26H29F2N7. The number of aromatic nitrogens is 5. The molecule has 0 bridgehead atoms. The van der Waals surface area contributed by atoms with Crippen molar-refractivity contribution in [1.82, 2.24) is 34.9 Å². The third kappa shape index (κ3) is 4.70. The summed E-state index contributed by atoms with van der Waals surface area (Å²) in [4.78, 5) is 15.3. The number of piperazine rings is 1. The molecule has 0 amide bonds. The zero-order chi connectivity index (χ0) is 24.0. The topological polar surface area (TPSA) is 74.7 Å². The van der Waals surface area contributed by atoms with Crippen LogP contribution in [0, 0.1) is 5.92 Å². The van der Waals surface area contributed by atoms with Crippen molar-refractivity contribution in [3.63, 3.8) is 0 Å². The minimum atomic E-state index is -2.53. The zero-order valence-electron chi connectivity index (χ0n) is 19.7. The molecule has 2 unspecified atom stereocenters. The van der Waals surface area contributed by atoms with E-state index in [4.69, 9.17) is 4.98 Å². The summed E-state index contributed by atoms with van der Waals surface area (Å²) in [5.41, 5.74) is 5.97. The van der Waals surface area contributed by atoms with Gasteiger partial charge in [0.05, 0.1) is 17.2 Å². The molecule has 2 atom stereocenters. The minimum Gasteiger partial charge on any atom is -0.342 e. The van der Waals surface area contributed by atoms with Gasteiger partial charge in [0.1, 0.15) is 5.82 Å². The monoisotopic (exact) mass is 477 g/mol. The second-order valence-electron chi connectivity index (χ2n) is 9.75. The first-order valence-electron chi connectivity index (χ1n) is 12.2. The smallest absolute Gasteiger partial charge is 0.253 e. The summed E-state index contributed by atoms with van der Waals surface area (Å²) < 4.78 is 28.1. The Morgan fingerprint density at radius 2 is 1.97 bits per heavy atom. The molecule has 4 aromatic rings. The lowest BCUT2D eigenvalue weighted by Gasteiger charge is -2.33. The van der Waals surface area contributed by atoms with Gasteiger partial charge in [-0.05, 0) is 42.3 Å². The Kier molecular flexibility index (Phi) is 5.61. The fourth-order valence-corrected chi connectivity index (χ4v) is 4.94. The molecule has 0 spiro atoms. The summed E-state index contributed by atoms with van der Waals surface area (Å²) >= 11 is 0. The first-order valence-corrected chi connectivity index (χ1v) is 12.2. The van der Waals surface area contributed by atoms with Crippen molar-refractivity contribution in [3.8, 4) is 11.1 Å². The molecule has 0 radical (unpaired) electrons. The van der Waals surface area contributed by atoms with E-state index in [1.54, 1.807) is 10.9 Å². The second-order valence-corrected chi connectivity index (χ2v) is 9.75. The molecule has 35 heavy (non-hydrogen) atoms. The van der Waals surface area contributed by atoms with Gasteiger partial charge in [0.2, 0.25) is 0 Å². The number of hydrogen-bond donors (Lipinski definition) is 2. The second kappa shape index (κ2) is 8.80. The van der Waals surface area contributed by atoms with Crippen LogP contribution in [0.1, 0.15) is 36.5 Å². The first-order chi connectivity index (χ1) is 16.9. The Morgan fingerprint density at radius 3 is 2.77 bits per heavy atom. The van der Waals surface area contributed by atoms with E-state index in [1.807, 2.05) is 30.6 Å². The van der Waals surface area contributed by atoms with Gasteiger partial charge in [-0.1, -0.05) is 6.07 Å². The van der Waals surface area contributed by atoms with E-state index in [1.165, 1.54) is 5.56 Å². The third-order valence-electron chi connectivity index (χ3n) is 7.23. The van der Waals surface area contributed by atoms with E-state index >= 15 is 0 Å². The SMILES string of the molecule is CC(c1ccnc(Cc2nc3ccc(-c4cnn(CC5CC5(F)F)c4)cc3[nH]2)c1)N1CCNCC1. The molecular weight excluding hydrogens is 448 g/mol. The Hall–Kier alpha value is -3.17. The summed E-state index contributed by atoms with van der Waals surface area (Å²) in [6.07, 6.45) is 6.03. The van der Waals surface area contributed by atoms with Crippen LogP contribution in [-0.2, 0) is 13.0 Å². The maximum Gasteiger partial charge on any atom is 0.253 e. The molecule has 2 aliphatic rings. The maximum absolute atomic E-state index is 13.2. The van der Waals surface area contributed by atoms with E-state index in [2.05, 4.69) is 44.3 Å². The van der Waals surface area contributed by atoms with Crippen molar-refractivity contribution < 1.29 is 8.78 Å². The van der Waals surface area contributed by atoms with Gasteiger partial charge >= 0.3 is 0 Å². The highest BCUT2D eigenvalue weighted by molar-refractivity contribution is 5.81. The Morgan fingerprint density at radius 1 is 1.14 bits per heavy atom. The highest BCUT2D eigenvalue weighted by atomic mass is 19.3. The highest BCUT2D eigenvalue weighted by Crippen LogP contribution is 2.49. The molecule has 6 rings (SSSR count). The van der Waals surface area contributed by atoms with Crippen LogP contribution in [0.25, 0.3) is 22.2 Å². The Labute approximate surface area is 202 Å². The van der Waals surface area contributed by atoms with Crippen LogP contribution in [0.2, 0.25) is 0 Å². The normalized spacial score (nSPS) is 20.8. The number of pyridine rings is 1. The largest absolute Gasteiger partial charge is 0.342 e. The Balaban J connectivity index is 1.17. The number of H-pyrrole nitrogens is 1. The molecule has 1 aromatic carbocycles. The minimum absolute atomic E-state index is 0.0442. The van der Waals surface area contributed by atoms with Gasteiger partial charge in [-0.3, -0.25) is 14.6 Å². The molecule has 1 saturated heterocycles. The van der Waals surface area contributed by atoms with E-state index < -0.39 is 11.8 Å². The predicted octanol–water partition coefficient (Wildman–Crippen LogP) is 4.03. The lowest BCUT2D eigenvalue weighted by atomic mass is 10.1. The number of nitrogens with one attached hydrogen (secondary N) is 2. The van der Waals surface area contributed by atoms with Gasteiger partial charge in [0, 0.05) is 81.2 Å². The van der Waals surface area contributed by atoms with Crippen molar-refractivity contribution in [2.75, 3.05) is 26.2 Å². The van der Waals surface area contributed by atoms with Crippen LogP contribution >= 0.6 is 0 Å². The van der Waals surface area contributed by atoms with Crippen molar-refractivity contribution in [2.45, 2.75) is 38.3 Å². The summed E-state index contributed by atoms with van der Waals surface area (Å²) in [5.74, 6) is -2.27. The van der Waals surface area contributed by atoms with Crippen LogP contribution in [0.15, 0.2) is 48.9 Å². The highest BCUT2D eigenvalue weighted by Gasteiger charge is 2.56. The predicted molar refractivity (Wildman–Crippen MR) is 130 cm³/mol. The number of hydrogen-bond acceptors (Lipinski definition) is 5. The van der Waals surface area contributed by atoms with E-state index in [-0.39, 0.29) is 13.0 Å². The van der Waals surface area contributed by atoms with Gasteiger partial charge in [-0.15, -0.1) is 0 Å². The molecule has 182 valence electrons. The molecule has 7 nitrogen and oxygen atoms in total. The van der Waals surface area contributed by atoms with Crippen LogP contribution < -0.4 is 5.32 Å². The van der Waals surface area contributed by atoms with E-state index in [0.29, 0.717) is 12.5 Å². The van der Waals surface area contributed by atoms with Gasteiger partial charge < -0.3 is 10.3 Å². The van der Waals surface area contributed by atoms with E-state index in [9.17, 15) is 8.78 Å². The average Bonchev–Trinajstić information content (AvgIpc) is 3.21. The van der Waals surface area contributed by atoms with Crippen molar-refractivity contribution in [3.05, 3.63) is 66.0 Å². The first kappa shape index (κ1) is 22.3. The number of halogens is 2. The standard InChI is InChI=1S/C26H29F2N7/c1-17(34-8-6-29-7-9-34)18-4-5-30-22(10-18)12-25-32-23-3-2-19(11-24(23)33-25)20-14-31-35(15-20)16-21-13-26(21,27)28/h2-5,10-11,14-15,17,21,29H,6-9,12-13,16H2,1H3,(H,32,33). The lowest BCUT2D eigenvalue weighted by Crippen LogP contribution is -2.44. The number of fused-ring (bicyclic) bond motifs is 1. The maximum atomic E-state index is 13.2. The molecule has 1 saturated carbocycles. The van der Waals surface area contributed by atoms with Gasteiger partial charge in [0.15, 0.2) is 0 Å². The summed E-state index contributed by atoms with van der Waals surface area (Å²) in [7, 11) is 0. The fourth-order valence-electron chi connectivity index (χ4n) is 4.94. The number of aromatic amines is 1. The number of alkyl halides is 2. The average molecular weight is 478 g/mol. The number of benzene rings is 1. The van der Waals surface area contributed by atoms with Crippen molar-refractivity contribution in [1.29, 1.82) is 0 Å². The molecule has 1 aliphatic carbocycles. The zero-order valence-corrected chi connectivity index (χ0v) is 19.7. The van der Waals surface area contributed by atoms with Crippen molar-refractivity contribution >= 4 is 11.0 Å². The number of nitrogens with zero attached hydrogens (tertiary/aromatic N) is 5. The molecule has 2 fully saturated rings. The quantitative estimate of drug-likeness (QED) is 0.420. The summed E-state index contributed by atoms with van der Waals surface area (Å²) in [6, 6.07) is 10.6. The molecule has 4 heterocycles. The van der Waals surface area contributed by atoms with Crippen molar-refractivity contribution in [2.24, 2.45) is 5.92 Å². The summed E-state index contributed by atoms with van der Waals surface area (Å²) in [6.45, 7) is 6.67. The van der Waals surface area contributed by atoms with Crippen LogP contribution in [0.3, 0.4) is 0 Å². The fraction of sp³-hybridized carbons (Fsp3) is 0.423. The molecule has 1 aliphatic heterocycles. The summed E-state index contributed by atoms with van der Waals surface area (Å²) in [5, 5.41) is 7.69. The Bertz CT molecular complexity index is 1340. The molecule has 3 aromatic heterocycles.